The number of nitrogens with one attached hydrogen (secondary N) is 2. The van der Waals surface area contributed by atoms with Crippen LogP contribution in [0.25, 0.3) is 10.4 Å². The Labute approximate surface area is 196 Å². The quantitative estimate of drug-likeness (QED) is 0.570. The molecule has 3 heterocycles. The molecule has 3 aromatic rings. The number of piperazine rings is 1. The van der Waals surface area contributed by atoms with Crippen LogP contribution in [-0.4, -0.2) is 49.4 Å². The first-order chi connectivity index (χ1) is 16.2. The van der Waals surface area contributed by atoms with E-state index in [9.17, 15) is 9.59 Å². The first-order valence-electron chi connectivity index (χ1n) is 11.1. The minimum absolute atomic E-state index is 0.191. The van der Waals surface area contributed by atoms with Crippen LogP contribution in [0.2, 0.25) is 0 Å². The van der Waals surface area contributed by atoms with E-state index in [-0.39, 0.29) is 11.8 Å². The molecule has 7 nitrogen and oxygen atoms in total. The summed E-state index contributed by atoms with van der Waals surface area (Å²) in [6, 6.07) is 20.0. The van der Waals surface area contributed by atoms with Crippen LogP contribution in [0.5, 0.6) is 5.75 Å². The van der Waals surface area contributed by atoms with Crippen LogP contribution in [0.15, 0.2) is 60.7 Å². The number of hydrogen-bond acceptors (Lipinski definition) is 6. The lowest BCUT2D eigenvalue weighted by Crippen LogP contribution is -2.48. The standard InChI is InChI=1S/C25H26N4O3S/c30-23(10-11-28-12-14-29(15-13-28)19-6-2-1-3-7-19)26-27-25(31)22-16-18-17-32-21-9-5-4-8-20(21)24(18)33-22/h1-9,16H,10-15,17H2,(H,26,30)(H,27,31). The molecule has 0 atom stereocenters. The molecule has 0 spiro atoms. The van der Waals surface area contributed by atoms with E-state index in [0.717, 1.165) is 47.9 Å². The molecule has 1 saturated heterocycles. The van der Waals surface area contributed by atoms with Crippen molar-refractivity contribution in [1.29, 1.82) is 0 Å². The van der Waals surface area contributed by atoms with Gasteiger partial charge in [0.05, 0.1) is 4.88 Å². The van der Waals surface area contributed by atoms with Gasteiger partial charge in [0.25, 0.3) is 5.91 Å². The van der Waals surface area contributed by atoms with Crippen molar-refractivity contribution in [3.05, 3.63) is 71.1 Å². The maximum atomic E-state index is 12.6. The third kappa shape index (κ3) is 4.86. The van der Waals surface area contributed by atoms with Crippen LogP contribution < -0.4 is 20.5 Å². The Kier molecular flexibility index (Phi) is 6.28. The highest BCUT2D eigenvalue weighted by atomic mass is 32.1. The summed E-state index contributed by atoms with van der Waals surface area (Å²) in [7, 11) is 0. The molecular weight excluding hydrogens is 436 g/mol. The Balaban J connectivity index is 1.07. The number of benzene rings is 2. The summed E-state index contributed by atoms with van der Waals surface area (Å²) in [5.41, 5.74) is 8.34. The van der Waals surface area contributed by atoms with Gasteiger partial charge in [0, 0.05) is 60.8 Å². The van der Waals surface area contributed by atoms with Gasteiger partial charge in [0.1, 0.15) is 12.4 Å². The van der Waals surface area contributed by atoms with Crippen LogP contribution in [0, 0.1) is 0 Å². The fourth-order valence-electron chi connectivity index (χ4n) is 4.19. The maximum Gasteiger partial charge on any atom is 0.279 e. The summed E-state index contributed by atoms with van der Waals surface area (Å²) in [4.78, 5) is 31.1. The van der Waals surface area contributed by atoms with Gasteiger partial charge in [-0.3, -0.25) is 25.3 Å². The highest BCUT2D eigenvalue weighted by Crippen LogP contribution is 2.42. The maximum absolute atomic E-state index is 12.6. The van der Waals surface area contributed by atoms with Crippen LogP contribution in [-0.2, 0) is 11.4 Å². The molecule has 0 bridgehead atoms. The van der Waals surface area contributed by atoms with Crippen molar-refractivity contribution in [2.24, 2.45) is 0 Å². The van der Waals surface area contributed by atoms with E-state index in [1.54, 1.807) is 0 Å². The molecule has 0 unspecified atom stereocenters. The number of thiophene rings is 1. The smallest absolute Gasteiger partial charge is 0.279 e. The third-order valence-electron chi connectivity index (χ3n) is 6.01. The van der Waals surface area contributed by atoms with Gasteiger partial charge in [-0.25, -0.2) is 0 Å². The molecule has 1 aromatic heterocycles. The monoisotopic (exact) mass is 462 g/mol. The number of fused-ring (bicyclic) bond motifs is 3. The Morgan fingerprint density at radius 2 is 1.70 bits per heavy atom. The molecular formula is C25H26N4O3S. The lowest BCUT2D eigenvalue weighted by molar-refractivity contribution is -0.122. The molecule has 170 valence electrons. The first-order valence-corrected chi connectivity index (χ1v) is 12.0. The van der Waals surface area contributed by atoms with Gasteiger partial charge in [-0.05, 0) is 30.3 Å². The molecule has 1 fully saturated rings. The van der Waals surface area contributed by atoms with Gasteiger partial charge in [0.15, 0.2) is 0 Å². The Morgan fingerprint density at radius 1 is 0.939 bits per heavy atom. The van der Waals surface area contributed by atoms with Crippen LogP contribution in [0.1, 0.15) is 21.7 Å². The molecule has 2 aromatic carbocycles. The number of carbonyl (C=O) groups excluding carboxylic acids is 2. The summed E-state index contributed by atoms with van der Waals surface area (Å²) in [6.45, 7) is 4.83. The number of nitrogens with zero attached hydrogens (tertiary/aromatic N) is 2. The van der Waals surface area contributed by atoms with Gasteiger partial charge in [0.2, 0.25) is 5.91 Å². The number of hydrogen-bond donors (Lipinski definition) is 2. The van der Waals surface area contributed by atoms with Crippen molar-refractivity contribution in [3.63, 3.8) is 0 Å². The van der Waals surface area contributed by atoms with Crippen molar-refractivity contribution < 1.29 is 14.3 Å². The Morgan fingerprint density at radius 3 is 2.52 bits per heavy atom. The summed E-state index contributed by atoms with van der Waals surface area (Å²) >= 11 is 1.42. The zero-order chi connectivity index (χ0) is 22.6. The SMILES string of the molecule is O=C(CCN1CCN(c2ccccc2)CC1)NNC(=O)c1cc2c(s1)-c1ccccc1OC2. The molecule has 2 aliphatic heterocycles. The van der Waals surface area contributed by atoms with Crippen molar-refractivity contribution >= 4 is 28.8 Å². The lowest BCUT2D eigenvalue weighted by atomic mass is 10.1. The highest BCUT2D eigenvalue weighted by Gasteiger charge is 2.23. The van der Waals surface area contributed by atoms with E-state index in [0.29, 0.717) is 24.4 Å². The molecule has 2 amide bonds. The third-order valence-corrected chi connectivity index (χ3v) is 7.22. The number of ether oxygens (including phenoxy) is 1. The average Bonchev–Trinajstić information content (AvgIpc) is 3.32. The summed E-state index contributed by atoms with van der Waals surface area (Å²) in [5, 5.41) is 0. The first kappa shape index (κ1) is 21.5. The Hall–Kier alpha value is -3.36. The zero-order valence-corrected chi connectivity index (χ0v) is 19.1. The van der Waals surface area contributed by atoms with Crippen molar-refractivity contribution in [2.75, 3.05) is 37.6 Å². The molecule has 2 N–H and O–H groups in total. The van der Waals surface area contributed by atoms with E-state index in [1.165, 1.54) is 17.0 Å². The van der Waals surface area contributed by atoms with Crippen LogP contribution in [0.3, 0.4) is 0 Å². The van der Waals surface area contributed by atoms with Crippen molar-refractivity contribution in [3.8, 4) is 16.2 Å². The fraction of sp³-hybridized carbons (Fsp3) is 0.280. The molecule has 0 radical (unpaired) electrons. The predicted octanol–water partition coefficient (Wildman–Crippen LogP) is 3.28. The fourth-order valence-corrected chi connectivity index (χ4v) is 5.28. The second kappa shape index (κ2) is 9.64. The predicted molar refractivity (Wildman–Crippen MR) is 129 cm³/mol. The van der Waals surface area contributed by atoms with Gasteiger partial charge >= 0.3 is 0 Å². The number of hydrazine groups is 1. The van der Waals surface area contributed by atoms with Gasteiger partial charge in [-0.1, -0.05) is 30.3 Å². The summed E-state index contributed by atoms with van der Waals surface area (Å²) in [6.07, 6.45) is 0.341. The van der Waals surface area contributed by atoms with Crippen LogP contribution >= 0.6 is 11.3 Å². The van der Waals surface area contributed by atoms with E-state index < -0.39 is 0 Å². The minimum Gasteiger partial charge on any atom is -0.488 e. The highest BCUT2D eigenvalue weighted by molar-refractivity contribution is 7.17. The summed E-state index contributed by atoms with van der Waals surface area (Å²) < 4.78 is 5.76. The number of rotatable bonds is 5. The van der Waals surface area contributed by atoms with E-state index in [4.69, 9.17) is 4.74 Å². The molecule has 0 aliphatic carbocycles. The molecule has 0 saturated carbocycles. The normalized spacial score (nSPS) is 15.2. The number of para-hydroxylation sites is 2. The molecule has 33 heavy (non-hydrogen) atoms. The van der Waals surface area contributed by atoms with E-state index >= 15 is 0 Å². The second-order valence-electron chi connectivity index (χ2n) is 8.17. The van der Waals surface area contributed by atoms with Crippen LogP contribution in [0.4, 0.5) is 5.69 Å². The van der Waals surface area contributed by atoms with Crippen molar-refractivity contribution in [1.82, 2.24) is 15.8 Å². The number of carbonyl (C=O) groups is 2. The largest absolute Gasteiger partial charge is 0.488 e. The molecule has 5 rings (SSSR count). The summed E-state index contributed by atoms with van der Waals surface area (Å²) in [5.74, 6) is 0.331. The zero-order valence-electron chi connectivity index (χ0n) is 18.3. The van der Waals surface area contributed by atoms with Crippen molar-refractivity contribution in [2.45, 2.75) is 13.0 Å². The minimum atomic E-state index is -0.309. The number of anilines is 1. The Bertz CT molecular complexity index is 1140. The second-order valence-corrected chi connectivity index (χ2v) is 9.22. The van der Waals surface area contributed by atoms with Gasteiger partial charge in [-0.2, -0.15) is 0 Å². The van der Waals surface area contributed by atoms with E-state index in [2.05, 4.69) is 44.9 Å². The van der Waals surface area contributed by atoms with Gasteiger partial charge in [-0.15, -0.1) is 11.3 Å². The van der Waals surface area contributed by atoms with E-state index in [1.807, 2.05) is 36.4 Å². The lowest BCUT2D eigenvalue weighted by Gasteiger charge is -2.36. The molecule has 2 aliphatic rings. The van der Waals surface area contributed by atoms with Gasteiger partial charge < -0.3 is 9.64 Å². The number of amides is 2. The topological polar surface area (TPSA) is 73.9 Å². The molecule has 8 heteroatoms. The average molecular weight is 463 g/mol.